The molecular formula is C12H17N3O. The molecule has 1 heterocycles. The maximum absolute atomic E-state index is 5.62. The van der Waals surface area contributed by atoms with Crippen LogP contribution in [0.15, 0.2) is 18.2 Å². The van der Waals surface area contributed by atoms with E-state index in [-0.39, 0.29) is 0 Å². The number of ether oxygens (including phenoxy) is 1. The Balaban J connectivity index is 2.38. The van der Waals surface area contributed by atoms with Gasteiger partial charge in [-0.3, -0.25) is 0 Å². The lowest BCUT2D eigenvalue weighted by Gasteiger charge is -2.03. The quantitative estimate of drug-likeness (QED) is 0.853. The third-order valence-electron chi connectivity index (χ3n) is 2.60. The number of imidazole rings is 1. The molecule has 1 aromatic carbocycles. The zero-order chi connectivity index (χ0) is 11.5. The van der Waals surface area contributed by atoms with Gasteiger partial charge >= 0.3 is 0 Å². The second kappa shape index (κ2) is 4.53. The highest BCUT2D eigenvalue weighted by Gasteiger charge is 2.06. The molecule has 0 amide bonds. The van der Waals surface area contributed by atoms with Crippen LogP contribution in [0.25, 0.3) is 11.0 Å². The number of rotatable bonds is 4. The van der Waals surface area contributed by atoms with E-state index in [1.807, 2.05) is 29.8 Å². The van der Waals surface area contributed by atoms with Gasteiger partial charge in [0.1, 0.15) is 11.6 Å². The lowest BCUT2D eigenvalue weighted by molar-refractivity contribution is 0.318. The lowest BCUT2D eigenvalue weighted by atomic mass is 10.3. The first-order valence-electron chi connectivity index (χ1n) is 5.54. The Morgan fingerprint density at radius 3 is 2.94 bits per heavy atom. The van der Waals surface area contributed by atoms with Gasteiger partial charge in [0.25, 0.3) is 0 Å². The fraction of sp³-hybridized carbons (Fsp3) is 0.417. The van der Waals surface area contributed by atoms with Crippen LogP contribution in [-0.4, -0.2) is 16.2 Å². The van der Waals surface area contributed by atoms with Gasteiger partial charge < -0.3 is 15.0 Å². The molecule has 2 N–H and O–H groups in total. The average molecular weight is 219 g/mol. The highest BCUT2D eigenvalue weighted by atomic mass is 16.5. The van der Waals surface area contributed by atoms with Crippen LogP contribution < -0.4 is 10.5 Å². The van der Waals surface area contributed by atoms with Crippen LogP contribution in [-0.2, 0) is 13.6 Å². The fourth-order valence-corrected chi connectivity index (χ4v) is 1.72. The molecule has 16 heavy (non-hydrogen) atoms. The van der Waals surface area contributed by atoms with E-state index < -0.39 is 0 Å². The molecule has 0 fully saturated rings. The molecular weight excluding hydrogens is 202 g/mol. The lowest BCUT2D eigenvalue weighted by Crippen LogP contribution is -2.04. The summed E-state index contributed by atoms with van der Waals surface area (Å²) in [7, 11) is 1.98. The SMILES string of the molecule is CCCOc1ccc2c(c1)nc(CN)n2C. The molecule has 0 unspecified atom stereocenters. The molecule has 0 radical (unpaired) electrons. The summed E-state index contributed by atoms with van der Waals surface area (Å²) >= 11 is 0. The molecule has 1 aromatic heterocycles. The first-order chi connectivity index (χ1) is 7.76. The molecule has 0 aliphatic rings. The normalized spacial score (nSPS) is 10.9. The summed E-state index contributed by atoms with van der Waals surface area (Å²) in [6.07, 6.45) is 1.01. The van der Waals surface area contributed by atoms with Crippen LogP contribution in [0.2, 0.25) is 0 Å². The van der Waals surface area contributed by atoms with Gasteiger partial charge in [0.15, 0.2) is 0 Å². The van der Waals surface area contributed by atoms with E-state index in [2.05, 4.69) is 11.9 Å². The molecule has 4 nitrogen and oxygen atoms in total. The van der Waals surface area contributed by atoms with E-state index in [1.54, 1.807) is 0 Å². The van der Waals surface area contributed by atoms with E-state index in [4.69, 9.17) is 10.5 Å². The minimum absolute atomic E-state index is 0.455. The van der Waals surface area contributed by atoms with Crippen molar-refractivity contribution in [3.05, 3.63) is 24.0 Å². The van der Waals surface area contributed by atoms with Gasteiger partial charge in [-0.25, -0.2) is 4.98 Å². The van der Waals surface area contributed by atoms with Crippen LogP contribution in [0.1, 0.15) is 19.2 Å². The predicted octanol–water partition coefficient (Wildman–Crippen LogP) is 1.82. The maximum atomic E-state index is 5.62. The van der Waals surface area contributed by atoms with Gasteiger partial charge in [-0.2, -0.15) is 0 Å². The molecule has 0 spiro atoms. The summed E-state index contributed by atoms with van der Waals surface area (Å²) in [6, 6.07) is 5.95. The third kappa shape index (κ3) is 1.88. The highest BCUT2D eigenvalue weighted by Crippen LogP contribution is 2.21. The Hall–Kier alpha value is -1.55. The largest absolute Gasteiger partial charge is 0.494 e. The monoisotopic (exact) mass is 219 g/mol. The van der Waals surface area contributed by atoms with Gasteiger partial charge in [0, 0.05) is 13.1 Å². The number of hydrogen-bond donors (Lipinski definition) is 1. The maximum Gasteiger partial charge on any atom is 0.123 e. The number of hydrogen-bond acceptors (Lipinski definition) is 3. The highest BCUT2D eigenvalue weighted by molar-refractivity contribution is 5.77. The molecule has 0 saturated heterocycles. The van der Waals surface area contributed by atoms with Crippen molar-refractivity contribution in [1.82, 2.24) is 9.55 Å². The first-order valence-corrected chi connectivity index (χ1v) is 5.54. The predicted molar refractivity (Wildman–Crippen MR) is 64.4 cm³/mol. The van der Waals surface area contributed by atoms with Crippen molar-refractivity contribution < 1.29 is 4.74 Å². The zero-order valence-corrected chi connectivity index (χ0v) is 9.73. The van der Waals surface area contributed by atoms with Crippen molar-refractivity contribution in [3.8, 4) is 5.75 Å². The number of aryl methyl sites for hydroxylation is 1. The number of benzene rings is 1. The Morgan fingerprint density at radius 2 is 2.25 bits per heavy atom. The zero-order valence-electron chi connectivity index (χ0n) is 9.73. The molecule has 2 rings (SSSR count). The van der Waals surface area contributed by atoms with Crippen LogP contribution >= 0.6 is 0 Å². The standard InChI is InChI=1S/C12H17N3O/c1-3-6-16-9-4-5-11-10(7-9)14-12(8-13)15(11)2/h4-5,7H,3,6,8,13H2,1-2H3. The van der Waals surface area contributed by atoms with Gasteiger partial charge in [-0.1, -0.05) is 6.92 Å². The summed E-state index contributed by atoms with van der Waals surface area (Å²) in [5.41, 5.74) is 7.65. The Morgan fingerprint density at radius 1 is 1.44 bits per heavy atom. The summed E-state index contributed by atoms with van der Waals surface area (Å²) in [5, 5.41) is 0. The summed E-state index contributed by atoms with van der Waals surface area (Å²) in [5.74, 6) is 1.76. The molecule has 2 aromatic rings. The Labute approximate surface area is 95.0 Å². The van der Waals surface area contributed by atoms with Crippen LogP contribution in [0, 0.1) is 0 Å². The van der Waals surface area contributed by atoms with Gasteiger partial charge in [0.2, 0.25) is 0 Å². The minimum Gasteiger partial charge on any atom is -0.494 e. The van der Waals surface area contributed by atoms with Crippen molar-refractivity contribution in [1.29, 1.82) is 0 Å². The topological polar surface area (TPSA) is 53.1 Å². The number of nitrogens with two attached hydrogens (primary N) is 1. The van der Waals surface area contributed by atoms with Crippen molar-refractivity contribution in [2.45, 2.75) is 19.9 Å². The third-order valence-corrected chi connectivity index (χ3v) is 2.60. The van der Waals surface area contributed by atoms with Crippen LogP contribution in [0.4, 0.5) is 0 Å². The molecule has 86 valence electrons. The van der Waals surface area contributed by atoms with E-state index in [0.717, 1.165) is 35.6 Å². The van der Waals surface area contributed by atoms with E-state index >= 15 is 0 Å². The molecule has 0 bridgehead atoms. The van der Waals surface area contributed by atoms with E-state index in [0.29, 0.717) is 6.54 Å². The Bertz CT molecular complexity index is 490. The number of nitrogens with zero attached hydrogens (tertiary/aromatic N) is 2. The van der Waals surface area contributed by atoms with Crippen molar-refractivity contribution >= 4 is 11.0 Å². The smallest absolute Gasteiger partial charge is 0.123 e. The van der Waals surface area contributed by atoms with Gasteiger partial charge in [0.05, 0.1) is 24.2 Å². The average Bonchev–Trinajstić information content (AvgIpc) is 2.63. The van der Waals surface area contributed by atoms with Gasteiger partial charge in [-0.05, 0) is 18.6 Å². The molecule has 0 aliphatic heterocycles. The molecule has 0 aliphatic carbocycles. The number of aromatic nitrogens is 2. The second-order valence-corrected chi connectivity index (χ2v) is 3.79. The second-order valence-electron chi connectivity index (χ2n) is 3.79. The first kappa shape index (κ1) is 11.0. The van der Waals surface area contributed by atoms with Crippen molar-refractivity contribution in [2.75, 3.05) is 6.61 Å². The van der Waals surface area contributed by atoms with Crippen LogP contribution in [0.5, 0.6) is 5.75 Å². The molecule has 4 heteroatoms. The summed E-state index contributed by atoms with van der Waals surface area (Å²) in [6.45, 7) is 3.28. The van der Waals surface area contributed by atoms with Crippen molar-refractivity contribution in [2.24, 2.45) is 12.8 Å². The Kier molecular flexibility index (Phi) is 3.10. The minimum atomic E-state index is 0.455. The van der Waals surface area contributed by atoms with E-state index in [9.17, 15) is 0 Å². The summed E-state index contributed by atoms with van der Waals surface area (Å²) in [4.78, 5) is 4.46. The number of fused-ring (bicyclic) bond motifs is 1. The van der Waals surface area contributed by atoms with Gasteiger partial charge in [-0.15, -0.1) is 0 Å². The molecule has 0 atom stereocenters. The van der Waals surface area contributed by atoms with Crippen LogP contribution in [0.3, 0.4) is 0 Å². The summed E-state index contributed by atoms with van der Waals surface area (Å²) < 4.78 is 7.58. The van der Waals surface area contributed by atoms with E-state index in [1.165, 1.54) is 0 Å². The molecule has 0 saturated carbocycles. The van der Waals surface area contributed by atoms with Crippen molar-refractivity contribution in [3.63, 3.8) is 0 Å². The fourth-order valence-electron chi connectivity index (χ4n) is 1.72.